The van der Waals surface area contributed by atoms with E-state index in [9.17, 15) is 4.79 Å². The molecule has 0 aliphatic heterocycles. The molecule has 1 atom stereocenters. The minimum atomic E-state index is -0.523. The molecule has 6 nitrogen and oxygen atoms in total. The summed E-state index contributed by atoms with van der Waals surface area (Å²) in [5.74, 6) is -0.0628. The van der Waals surface area contributed by atoms with Gasteiger partial charge in [0.1, 0.15) is 0 Å². The number of H-pyrrole nitrogens is 1. The van der Waals surface area contributed by atoms with Gasteiger partial charge < -0.3 is 21.4 Å². The van der Waals surface area contributed by atoms with Crippen molar-refractivity contribution in [1.82, 2.24) is 15.3 Å². The molecule has 5 N–H and O–H groups in total. The number of nitrogens with zero attached hydrogens (tertiary/aromatic N) is 1. The predicted molar refractivity (Wildman–Crippen MR) is 172 cm³/mol. The van der Waals surface area contributed by atoms with E-state index in [2.05, 4.69) is 45.9 Å². The lowest BCUT2D eigenvalue weighted by Gasteiger charge is -2.21. The van der Waals surface area contributed by atoms with Crippen LogP contribution >= 0.6 is 24.8 Å². The molecule has 2 aromatic heterocycles. The minimum Gasteiger partial charge on any atom is -0.384 e. The van der Waals surface area contributed by atoms with Crippen molar-refractivity contribution >= 4 is 58.2 Å². The Labute approximate surface area is 250 Å². The summed E-state index contributed by atoms with van der Waals surface area (Å²) in [6.45, 7) is 1.70. The van der Waals surface area contributed by atoms with Crippen LogP contribution in [0.15, 0.2) is 54.7 Å². The third-order valence-electron chi connectivity index (χ3n) is 7.83. The molecule has 8 heteroatoms. The van der Waals surface area contributed by atoms with Gasteiger partial charge in [-0.1, -0.05) is 62.1 Å². The van der Waals surface area contributed by atoms with Gasteiger partial charge in [-0.25, -0.2) is 0 Å². The van der Waals surface area contributed by atoms with Crippen molar-refractivity contribution < 1.29 is 4.79 Å². The Morgan fingerprint density at radius 1 is 0.875 bits per heavy atom. The van der Waals surface area contributed by atoms with Crippen LogP contribution < -0.4 is 16.4 Å². The van der Waals surface area contributed by atoms with Crippen LogP contribution in [0.2, 0.25) is 0 Å². The maximum absolute atomic E-state index is 12.4. The second-order valence-electron chi connectivity index (χ2n) is 10.6. The molecule has 1 amide bonds. The van der Waals surface area contributed by atoms with Gasteiger partial charge in [-0.3, -0.25) is 9.78 Å². The molecule has 2 heterocycles. The van der Waals surface area contributed by atoms with Gasteiger partial charge in [-0.05, 0) is 68.2 Å². The monoisotopic (exact) mass is 583 g/mol. The van der Waals surface area contributed by atoms with Gasteiger partial charge in [0.05, 0.1) is 11.6 Å². The second kappa shape index (κ2) is 15.8. The summed E-state index contributed by atoms with van der Waals surface area (Å²) >= 11 is 0. The van der Waals surface area contributed by atoms with Crippen LogP contribution in [0.3, 0.4) is 0 Å². The molecule has 0 saturated heterocycles. The molecule has 216 valence electrons. The average Bonchev–Trinajstić information content (AvgIpc) is 3.36. The quantitative estimate of drug-likeness (QED) is 0.129. The van der Waals surface area contributed by atoms with Crippen LogP contribution in [0.4, 0.5) is 5.69 Å². The number of carbonyl (C=O) groups excluding carboxylic acids is 1. The standard InChI is InChI=1S/C32H41N5O.2ClH/c33-27(21-23-22-36-28-16-8-5-13-24(23)28)32(38)35-20-12-4-2-1-3-11-19-34-31-25-14-6-9-17-29(25)37-30-18-10-7-15-26(30)31;;/h5-6,8-9,13-14,16-17,22,27,36H,1-4,7,10-12,15,18-21,33H2,(H,34,37)(H,35,38);2*1H/t27-;;/m0../s1. The van der Waals surface area contributed by atoms with Gasteiger partial charge in [0.15, 0.2) is 0 Å². The molecular formula is C32H43Cl2N5O. The summed E-state index contributed by atoms with van der Waals surface area (Å²) in [6.07, 6.45) is 14.2. The van der Waals surface area contributed by atoms with E-state index in [1.165, 1.54) is 60.9 Å². The minimum absolute atomic E-state index is 0. The summed E-state index contributed by atoms with van der Waals surface area (Å²) in [6, 6.07) is 16.1. The van der Waals surface area contributed by atoms with Crippen molar-refractivity contribution in [3.8, 4) is 0 Å². The lowest BCUT2D eigenvalue weighted by Crippen LogP contribution is -2.42. The van der Waals surface area contributed by atoms with E-state index in [1.807, 2.05) is 24.4 Å². The first-order valence-electron chi connectivity index (χ1n) is 14.4. The maximum atomic E-state index is 12.4. The molecule has 2 aromatic carbocycles. The van der Waals surface area contributed by atoms with Crippen LogP contribution in [0, 0.1) is 0 Å². The Kier molecular flexibility index (Phi) is 12.6. The highest BCUT2D eigenvalue weighted by Gasteiger charge is 2.18. The molecule has 0 spiro atoms. The zero-order chi connectivity index (χ0) is 26.2. The summed E-state index contributed by atoms with van der Waals surface area (Å²) in [5.41, 5.74) is 13.5. The first-order chi connectivity index (χ1) is 18.7. The Hall–Kier alpha value is -2.80. The van der Waals surface area contributed by atoms with Gasteiger partial charge in [0.25, 0.3) is 0 Å². The van der Waals surface area contributed by atoms with Gasteiger partial charge in [0, 0.05) is 47.0 Å². The van der Waals surface area contributed by atoms with E-state index >= 15 is 0 Å². The molecule has 0 radical (unpaired) electrons. The number of halogens is 2. The normalized spacial score (nSPS) is 13.2. The molecule has 5 rings (SSSR count). The zero-order valence-electron chi connectivity index (χ0n) is 23.2. The van der Waals surface area contributed by atoms with Gasteiger partial charge in [0.2, 0.25) is 5.91 Å². The second-order valence-corrected chi connectivity index (χ2v) is 10.6. The number of benzene rings is 2. The highest BCUT2D eigenvalue weighted by atomic mass is 35.5. The Bertz CT molecular complexity index is 1370. The maximum Gasteiger partial charge on any atom is 0.237 e. The predicted octanol–water partition coefficient (Wildman–Crippen LogP) is 6.88. The smallest absolute Gasteiger partial charge is 0.237 e. The summed E-state index contributed by atoms with van der Waals surface area (Å²) < 4.78 is 0. The number of unbranched alkanes of at least 4 members (excludes halogenated alkanes) is 5. The molecule has 1 aliphatic rings. The first-order valence-corrected chi connectivity index (χ1v) is 14.4. The van der Waals surface area contributed by atoms with Crippen molar-refractivity contribution in [2.45, 2.75) is 76.7 Å². The van der Waals surface area contributed by atoms with E-state index < -0.39 is 6.04 Å². The van der Waals surface area contributed by atoms with Gasteiger partial charge >= 0.3 is 0 Å². The van der Waals surface area contributed by atoms with E-state index in [4.69, 9.17) is 10.7 Å². The fourth-order valence-electron chi connectivity index (χ4n) is 5.72. The van der Waals surface area contributed by atoms with Crippen LogP contribution in [0.5, 0.6) is 0 Å². The van der Waals surface area contributed by atoms with Crippen molar-refractivity contribution in [1.29, 1.82) is 0 Å². The van der Waals surface area contributed by atoms with Crippen molar-refractivity contribution in [2.24, 2.45) is 5.73 Å². The lowest BCUT2D eigenvalue weighted by molar-refractivity contribution is -0.122. The molecule has 0 fully saturated rings. The van der Waals surface area contributed by atoms with E-state index in [1.54, 1.807) is 0 Å². The third kappa shape index (κ3) is 7.90. The van der Waals surface area contributed by atoms with E-state index in [-0.39, 0.29) is 30.7 Å². The number of para-hydroxylation sites is 2. The Morgan fingerprint density at radius 3 is 2.38 bits per heavy atom. The van der Waals surface area contributed by atoms with Crippen LogP contribution in [-0.4, -0.2) is 35.0 Å². The number of aromatic nitrogens is 2. The number of aromatic amines is 1. The summed E-state index contributed by atoms with van der Waals surface area (Å²) in [7, 11) is 0. The molecule has 4 aromatic rings. The number of anilines is 1. The number of hydrogen-bond acceptors (Lipinski definition) is 4. The molecule has 0 saturated carbocycles. The number of amides is 1. The van der Waals surface area contributed by atoms with Gasteiger partial charge in [-0.15, -0.1) is 24.8 Å². The highest BCUT2D eigenvalue weighted by Crippen LogP contribution is 2.33. The van der Waals surface area contributed by atoms with E-state index in [0.717, 1.165) is 54.2 Å². The number of fused-ring (bicyclic) bond motifs is 3. The molecular weight excluding hydrogens is 541 g/mol. The van der Waals surface area contributed by atoms with Crippen molar-refractivity contribution in [3.05, 3.63) is 71.5 Å². The molecule has 0 bridgehead atoms. The van der Waals surface area contributed by atoms with E-state index in [0.29, 0.717) is 13.0 Å². The fourth-order valence-corrected chi connectivity index (χ4v) is 5.72. The number of aryl methyl sites for hydroxylation is 1. The van der Waals surface area contributed by atoms with Crippen LogP contribution in [0.25, 0.3) is 21.8 Å². The number of carbonyl (C=O) groups is 1. The largest absolute Gasteiger partial charge is 0.384 e. The zero-order valence-corrected chi connectivity index (χ0v) is 24.8. The molecule has 40 heavy (non-hydrogen) atoms. The first kappa shape index (κ1) is 31.7. The number of rotatable bonds is 13. The third-order valence-corrected chi connectivity index (χ3v) is 7.83. The number of nitrogens with two attached hydrogens (primary N) is 1. The van der Waals surface area contributed by atoms with Gasteiger partial charge in [-0.2, -0.15) is 0 Å². The SMILES string of the molecule is Cl.Cl.N[C@@H](Cc1c[nH]c2ccccc12)C(=O)NCCCCCCCCNc1c2c(nc3ccccc13)CCCC2. The Balaban J connectivity index is 0.00000220. The van der Waals surface area contributed by atoms with Crippen LogP contribution in [0.1, 0.15) is 68.2 Å². The lowest BCUT2D eigenvalue weighted by atomic mass is 9.92. The number of nitrogens with one attached hydrogen (secondary N) is 3. The number of pyridine rings is 1. The van der Waals surface area contributed by atoms with Crippen molar-refractivity contribution in [2.75, 3.05) is 18.4 Å². The topological polar surface area (TPSA) is 95.8 Å². The molecule has 0 unspecified atom stereocenters. The number of hydrogen-bond donors (Lipinski definition) is 4. The Morgan fingerprint density at radius 2 is 1.55 bits per heavy atom. The summed E-state index contributed by atoms with van der Waals surface area (Å²) in [4.78, 5) is 20.6. The van der Waals surface area contributed by atoms with Crippen molar-refractivity contribution in [3.63, 3.8) is 0 Å². The summed E-state index contributed by atoms with van der Waals surface area (Å²) in [5, 5.41) is 9.20. The molecule has 1 aliphatic carbocycles. The highest BCUT2D eigenvalue weighted by molar-refractivity contribution is 5.93. The van der Waals surface area contributed by atoms with Crippen LogP contribution in [-0.2, 0) is 24.1 Å². The fraction of sp³-hybridized carbons (Fsp3) is 0.438. The average molecular weight is 585 g/mol.